The number of piperidine rings is 1. The molecule has 1 saturated heterocycles. The molecule has 7 heteroatoms. The first kappa shape index (κ1) is 16.6. The Morgan fingerprint density at radius 2 is 2.04 bits per heavy atom. The largest absolute Gasteiger partial charge is 0.486 e. The van der Waals surface area contributed by atoms with E-state index in [9.17, 15) is 14.7 Å². The smallest absolute Gasteiger partial charge is 0.307 e. The number of aliphatic carboxylic acids is 1. The molecule has 1 aromatic rings. The van der Waals surface area contributed by atoms with Crippen LogP contribution in [-0.2, 0) is 9.59 Å². The Hall–Kier alpha value is -2.28. The summed E-state index contributed by atoms with van der Waals surface area (Å²) in [4.78, 5) is 25.6. The predicted octanol–water partition coefficient (Wildman–Crippen LogP) is 1.58. The highest BCUT2D eigenvalue weighted by Gasteiger charge is 2.30. The van der Waals surface area contributed by atoms with Gasteiger partial charge in [-0.3, -0.25) is 14.5 Å². The van der Waals surface area contributed by atoms with Crippen LogP contribution in [0.15, 0.2) is 18.2 Å². The van der Waals surface area contributed by atoms with Crippen LogP contribution in [0.25, 0.3) is 0 Å². The molecule has 24 heavy (non-hydrogen) atoms. The molecule has 2 unspecified atom stereocenters. The van der Waals surface area contributed by atoms with E-state index in [2.05, 4.69) is 5.32 Å². The molecular weight excluding hydrogens is 312 g/mol. The normalized spacial score (nSPS) is 21.8. The van der Waals surface area contributed by atoms with Gasteiger partial charge in [-0.25, -0.2) is 0 Å². The Morgan fingerprint density at radius 1 is 1.29 bits per heavy atom. The molecule has 0 spiro atoms. The Morgan fingerprint density at radius 3 is 2.79 bits per heavy atom. The summed E-state index contributed by atoms with van der Waals surface area (Å²) in [6, 6.07) is 4.90. The van der Waals surface area contributed by atoms with Crippen LogP contribution in [0.2, 0.25) is 0 Å². The number of ether oxygens (including phenoxy) is 2. The number of carboxylic acids is 1. The molecule has 3 rings (SSSR count). The Kier molecular flexibility index (Phi) is 4.89. The van der Waals surface area contributed by atoms with Crippen LogP contribution in [0, 0.1) is 5.92 Å². The molecule has 7 nitrogen and oxygen atoms in total. The van der Waals surface area contributed by atoms with E-state index in [0.717, 1.165) is 13.0 Å². The number of amides is 1. The number of nitrogens with one attached hydrogen (secondary N) is 1. The number of carbonyl (C=O) groups excluding carboxylic acids is 1. The zero-order valence-electron chi connectivity index (χ0n) is 13.7. The van der Waals surface area contributed by atoms with Crippen molar-refractivity contribution < 1.29 is 24.2 Å². The second kappa shape index (κ2) is 7.09. The van der Waals surface area contributed by atoms with Crippen molar-refractivity contribution in [3.05, 3.63) is 18.2 Å². The summed E-state index contributed by atoms with van der Waals surface area (Å²) in [5, 5.41) is 12.0. The molecule has 2 heterocycles. The van der Waals surface area contributed by atoms with Gasteiger partial charge in [0.25, 0.3) is 0 Å². The van der Waals surface area contributed by atoms with Crippen molar-refractivity contribution in [3.8, 4) is 11.5 Å². The lowest BCUT2D eigenvalue weighted by molar-refractivity contribution is -0.144. The van der Waals surface area contributed by atoms with E-state index in [4.69, 9.17) is 9.47 Å². The van der Waals surface area contributed by atoms with Crippen molar-refractivity contribution in [3.63, 3.8) is 0 Å². The minimum Gasteiger partial charge on any atom is -0.486 e. The molecule has 2 atom stereocenters. The van der Waals surface area contributed by atoms with Gasteiger partial charge in [0.15, 0.2) is 11.5 Å². The Bertz CT molecular complexity index is 633. The molecule has 0 aliphatic carbocycles. The van der Waals surface area contributed by atoms with Crippen LogP contribution in [-0.4, -0.2) is 54.2 Å². The molecule has 2 aliphatic rings. The fourth-order valence-corrected chi connectivity index (χ4v) is 3.09. The summed E-state index contributed by atoms with van der Waals surface area (Å²) in [6.45, 7) is 3.96. The number of nitrogens with zero attached hydrogens (tertiary/aromatic N) is 1. The lowest BCUT2D eigenvalue weighted by Crippen LogP contribution is -2.48. The maximum absolute atomic E-state index is 12.5. The summed E-state index contributed by atoms with van der Waals surface area (Å²) in [5.74, 6) is -0.0524. The maximum Gasteiger partial charge on any atom is 0.307 e. The summed E-state index contributed by atoms with van der Waals surface area (Å²) in [6.07, 6.45) is 1.46. The average molecular weight is 334 g/mol. The fourth-order valence-electron chi connectivity index (χ4n) is 3.09. The SMILES string of the molecule is CC(C(=O)Nc1ccc2c(c1)OCCO2)N1CCCC(C(=O)O)C1. The van der Waals surface area contributed by atoms with Gasteiger partial charge in [-0.15, -0.1) is 0 Å². The van der Waals surface area contributed by atoms with Gasteiger partial charge < -0.3 is 19.9 Å². The van der Waals surface area contributed by atoms with Crippen LogP contribution in [0.5, 0.6) is 11.5 Å². The zero-order chi connectivity index (χ0) is 17.1. The Balaban J connectivity index is 1.62. The third kappa shape index (κ3) is 3.62. The predicted molar refractivity (Wildman–Crippen MR) is 87.5 cm³/mol. The summed E-state index contributed by atoms with van der Waals surface area (Å²) in [5.41, 5.74) is 0.642. The number of hydrogen-bond acceptors (Lipinski definition) is 5. The first-order valence-corrected chi connectivity index (χ1v) is 8.22. The van der Waals surface area contributed by atoms with Crippen molar-refractivity contribution in [2.24, 2.45) is 5.92 Å². The van der Waals surface area contributed by atoms with Gasteiger partial charge in [0, 0.05) is 18.3 Å². The van der Waals surface area contributed by atoms with E-state index in [-0.39, 0.29) is 11.9 Å². The first-order valence-electron chi connectivity index (χ1n) is 8.22. The number of likely N-dealkylation sites (tertiary alicyclic amines) is 1. The minimum absolute atomic E-state index is 0.155. The van der Waals surface area contributed by atoms with Crippen molar-refractivity contribution in [2.75, 3.05) is 31.6 Å². The molecule has 130 valence electrons. The number of hydrogen-bond donors (Lipinski definition) is 2. The molecule has 0 aromatic heterocycles. The fraction of sp³-hybridized carbons (Fsp3) is 0.529. The van der Waals surface area contributed by atoms with Gasteiger partial charge >= 0.3 is 5.97 Å². The van der Waals surface area contributed by atoms with Crippen molar-refractivity contribution in [1.29, 1.82) is 0 Å². The van der Waals surface area contributed by atoms with Gasteiger partial charge in [-0.1, -0.05) is 0 Å². The van der Waals surface area contributed by atoms with Crippen LogP contribution < -0.4 is 14.8 Å². The number of fused-ring (bicyclic) bond motifs is 1. The lowest BCUT2D eigenvalue weighted by Gasteiger charge is -2.34. The Labute approximate surface area is 140 Å². The second-order valence-electron chi connectivity index (χ2n) is 6.20. The zero-order valence-corrected chi connectivity index (χ0v) is 13.7. The average Bonchev–Trinajstić information content (AvgIpc) is 2.61. The van der Waals surface area contributed by atoms with E-state index in [0.29, 0.717) is 43.4 Å². The maximum atomic E-state index is 12.5. The van der Waals surface area contributed by atoms with E-state index in [1.54, 1.807) is 25.1 Å². The van der Waals surface area contributed by atoms with E-state index >= 15 is 0 Å². The van der Waals surface area contributed by atoms with Gasteiger partial charge in [-0.05, 0) is 38.4 Å². The van der Waals surface area contributed by atoms with Crippen molar-refractivity contribution in [2.45, 2.75) is 25.8 Å². The number of anilines is 1. The summed E-state index contributed by atoms with van der Waals surface area (Å²) < 4.78 is 11.0. The quantitative estimate of drug-likeness (QED) is 0.869. The molecule has 0 radical (unpaired) electrons. The summed E-state index contributed by atoms with van der Waals surface area (Å²) >= 11 is 0. The van der Waals surface area contributed by atoms with E-state index in [1.165, 1.54) is 0 Å². The number of carboxylic acid groups (broad SMARTS) is 1. The van der Waals surface area contributed by atoms with Gasteiger partial charge in [0.2, 0.25) is 5.91 Å². The molecule has 0 saturated carbocycles. The van der Waals surface area contributed by atoms with Crippen LogP contribution in [0.4, 0.5) is 5.69 Å². The molecular formula is C17H22N2O5. The third-order valence-electron chi connectivity index (χ3n) is 4.54. The van der Waals surface area contributed by atoms with Crippen molar-refractivity contribution >= 4 is 17.6 Å². The number of carbonyl (C=O) groups is 2. The molecule has 1 amide bonds. The highest BCUT2D eigenvalue weighted by Crippen LogP contribution is 2.32. The van der Waals surface area contributed by atoms with Gasteiger partial charge in [-0.2, -0.15) is 0 Å². The van der Waals surface area contributed by atoms with Crippen LogP contribution in [0.1, 0.15) is 19.8 Å². The van der Waals surface area contributed by atoms with Gasteiger partial charge in [0.05, 0.1) is 12.0 Å². The number of rotatable bonds is 4. The number of benzene rings is 1. The second-order valence-corrected chi connectivity index (χ2v) is 6.20. The summed E-state index contributed by atoms with van der Waals surface area (Å²) in [7, 11) is 0. The first-order chi connectivity index (χ1) is 11.5. The highest BCUT2D eigenvalue weighted by molar-refractivity contribution is 5.94. The standard InChI is InChI=1S/C17H22N2O5/c1-11(19-6-2-3-12(10-19)17(21)22)16(20)18-13-4-5-14-15(9-13)24-8-7-23-14/h4-5,9,11-12H,2-3,6-8,10H2,1H3,(H,18,20)(H,21,22). The molecule has 2 N–H and O–H groups in total. The van der Waals surface area contributed by atoms with E-state index in [1.807, 2.05) is 4.90 Å². The van der Waals surface area contributed by atoms with Crippen LogP contribution in [0.3, 0.4) is 0 Å². The topological polar surface area (TPSA) is 88.1 Å². The van der Waals surface area contributed by atoms with E-state index < -0.39 is 11.9 Å². The lowest BCUT2D eigenvalue weighted by atomic mass is 9.97. The highest BCUT2D eigenvalue weighted by atomic mass is 16.6. The van der Waals surface area contributed by atoms with Crippen LogP contribution >= 0.6 is 0 Å². The van der Waals surface area contributed by atoms with Gasteiger partial charge in [0.1, 0.15) is 13.2 Å². The molecule has 1 aromatic carbocycles. The minimum atomic E-state index is -0.792. The molecule has 2 aliphatic heterocycles. The molecule has 0 bridgehead atoms. The monoisotopic (exact) mass is 334 g/mol. The van der Waals surface area contributed by atoms with Crippen molar-refractivity contribution in [1.82, 2.24) is 4.90 Å². The third-order valence-corrected chi connectivity index (χ3v) is 4.54. The molecule has 1 fully saturated rings.